The maximum absolute atomic E-state index is 6.20. The highest BCUT2D eigenvalue weighted by Gasteiger charge is 2.17. The van der Waals surface area contributed by atoms with Gasteiger partial charge in [0.05, 0.1) is 5.02 Å². The van der Waals surface area contributed by atoms with Gasteiger partial charge in [-0.2, -0.15) is 0 Å². The Bertz CT molecular complexity index is 582. The molecule has 0 aliphatic carbocycles. The van der Waals surface area contributed by atoms with E-state index in [1.165, 1.54) is 5.56 Å². The molecule has 2 aromatic rings. The lowest BCUT2D eigenvalue weighted by Crippen LogP contribution is -1.92. The minimum Gasteiger partial charge on any atom is -0.459 e. The summed E-state index contributed by atoms with van der Waals surface area (Å²) >= 11 is 12.4. The third-order valence-corrected chi connectivity index (χ3v) is 4.07. The van der Waals surface area contributed by atoms with Gasteiger partial charge in [0.1, 0.15) is 5.76 Å². The van der Waals surface area contributed by atoms with E-state index in [1.807, 2.05) is 6.92 Å². The zero-order valence-electron chi connectivity index (χ0n) is 11.2. The second kappa shape index (κ2) is 5.14. The Morgan fingerprint density at radius 1 is 1.11 bits per heavy atom. The molecular formula is C15H18Cl2O. The fourth-order valence-corrected chi connectivity index (χ4v) is 2.74. The van der Waals surface area contributed by atoms with Crippen LogP contribution in [0.1, 0.15) is 37.2 Å². The van der Waals surface area contributed by atoms with Crippen LogP contribution in [0.2, 0.25) is 10.0 Å². The first-order valence-electron chi connectivity index (χ1n) is 6.28. The molecule has 0 spiro atoms. The summed E-state index contributed by atoms with van der Waals surface area (Å²) in [5, 5.41) is 2.37. The predicted octanol–water partition coefficient (Wildman–Crippen LogP) is 5.95. The van der Waals surface area contributed by atoms with Crippen LogP contribution in [-0.4, -0.2) is 0 Å². The number of rotatable bonds is 3. The van der Waals surface area contributed by atoms with Gasteiger partial charge in [-0.3, -0.25) is 0 Å². The highest BCUT2D eigenvalue weighted by Crippen LogP contribution is 2.37. The Kier molecular flexibility index (Phi) is 3.93. The quantitative estimate of drug-likeness (QED) is 0.679. The highest BCUT2D eigenvalue weighted by atomic mass is 35.5. The first-order chi connectivity index (χ1) is 8.41. The molecular weight excluding hydrogens is 267 g/mol. The van der Waals surface area contributed by atoms with Crippen molar-refractivity contribution in [1.29, 1.82) is 0 Å². The molecule has 0 saturated heterocycles. The summed E-state index contributed by atoms with van der Waals surface area (Å²) < 4.78 is 5.93. The van der Waals surface area contributed by atoms with Crippen LogP contribution in [0, 0.1) is 19.8 Å². The van der Waals surface area contributed by atoms with Gasteiger partial charge in [-0.25, -0.2) is 0 Å². The topological polar surface area (TPSA) is 13.1 Å². The van der Waals surface area contributed by atoms with E-state index in [9.17, 15) is 0 Å². The molecule has 98 valence electrons. The average molecular weight is 285 g/mol. The van der Waals surface area contributed by atoms with E-state index in [0.717, 1.165) is 35.1 Å². The van der Waals surface area contributed by atoms with Crippen LogP contribution in [-0.2, 0) is 6.42 Å². The molecule has 0 bridgehead atoms. The lowest BCUT2D eigenvalue weighted by Gasteiger charge is -2.02. The van der Waals surface area contributed by atoms with Crippen LogP contribution < -0.4 is 0 Å². The number of aryl methyl sites for hydroxylation is 3. The Hall–Kier alpha value is -0.660. The molecule has 2 rings (SSSR count). The van der Waals surface area contributed by atoms with Crippen molar-refractivity contribution in [2.75, 3.05) is 0 Å². The van der Waals surface area contributed by atoms with Crippen molar-refractivity contribution in [2.24, 2.45) is 5.92 Å². The van der Waals surface area contributed by atoms with Gasteiger partial charge in [0.2, 0.25) is 0 Å². The highest BCUT2D eigenvalue weighted by molar-refractivity contribution is 6.38. The summed E-state index contributed by atoms with van der Waals surface area (Å²) in [6, 6.07) is 1.76. The van der Waals surface area contributed by atoms with Gasteiger partial charge in [0.15, 0.2) is 5.58 Å². The van der Waals surface area contributed by atoms with Gasteiger partial charge >= 0.3 is 0 Å². The van der Waals surface area contributed by atoms with E-state index in [4.69, 9.17) is 27.6 Å². The zero-order chi connectivity index (χ0) is 13.4. The normalized spacial score (nSPS) is 11.7. The molecule has 1 heterocycles. The SMILES string of the molecule is Cc1c(Cl)cc(Cl)c2oc(CCC(C)C)c(C)c12. The Morgan fingerprint density at radius 3 is 2.39 bits per heavy atom. The van der Waals surface area contributed by atoms with Crippen LogP contribution in [0.25, 0.3) is 11.0 Å². The lowest BCUT2D eigenvalue weighted by molar-refractivity contribution is 0.496. The van der Waals surface area contributed by atoms with E-state index >= 15 is 0 Å². The summed E-state index contributed by atoms with van der Waals surface area (Å²) in [6.45, 7) is 8.52. The standard InChI is InChI=1S/C15H18Cl2O/c1-8(2)5-6-13-10(4)14-9(3)11(16)7-12(17)15(14)18-13/h7-8H,5-6H2,1-4H3. The maximum atomic E-state index is 6.20. The molecule has 0 saturated carbocycles. The van der Waals surface area contributed by atoms with Gasteiger partial charge in [0, 0.05) is 16.8 Å². The summed E-state index contributed by atoms with van der Waals surface area (Å²) in [5.41, 5.74) is 3.00. The van der Waals surface area contributed by atoms with Gasteiger partial charge in [0.25, 0.3) is 0 Å². The number of hydrogen-bond donors (Lipinski definition) is 0. The van der Waals surface area contributed by atoms with E-state index in [2.05, 4.69) is 20.8 Å². The number of benzene rings is 1. The van der Waals surface area contributed by atoms with Crippen LogP contribution in [0.4, 0.5) is 0 Å². The molecule has 0 atom stereocenters. The molecule has 0 aliphatic heterocycles. The van der Waals surface area contributed by atoms with Crippen molar-refractivity contribution >= 4 is 34.2 Å². The molecule has 0 fully saturated rings. The van der Waals surface area contributed by atoms with Crippen molar-refractivity contribution in [3.05, 3.63) is 33.0 Å². The molecule has 0 unspecified atom stereocenters. The smallest absolute Gasteiger partial charge is 0.153 e. The average Bonchev–Trinajstić information content (AvgIpc) is 2.62. The first-order valence-corrected chi connectivity index (χ1v) is 7.04. The van der Waals surface area contributed by atoms with Crippen LogP contribution >= 0.6 is 23.2 Å². The number of halogens is 2. The van der Waals surface area contributed by atoms with Crippen molar-refractivity contribution in [3.8, 4) is 0 Å². The number of fused-ring (bicyclic) bond motifs is 1. The third-order valence-electron chi connectivity index (χ3n) is 3.40. The monoisotopic (exact) mass is 284 g/mol. The van der Waals surface area contributed by atoms with E-state index in [0.29, 0.717) is 16.0 Å². The molecule has 0 N–H and O–H groups in total. The van der Waals surface area contributed by atoms with Crippen LogP contribution in [0.15, 0.2) is 10.5 Å². The van der Waals surface area contributed by atoms with Crippen molar-refractivity contribution in [3.63, 3.8) is 0 Å². The van der Waals surface area contributed by atoms with Gasteiger partial charge in [-0.1, -0.05) is 37.0 Å². The van der Waals surface area contributed by atoms with E-state index in [1.54, 1.807) is 6.07 Å². The number of furan rings is 1. The molecule has 0 amide bonds. The predicted molar refractivity (Wildman–Crippen MR) is 78.9 cm³/mol. The second-order valence-corrected chi connectivity index (χ2v) is 6.07. The minimum atomic E-state index is 0.597. The second-order valence-electron chi connectivity index (χ2n) is 5.25. The minimum absolute atomic E-state index is 0.597. The molecule has 18 heavy (non-hydrogen) atoms. The van der Waals surface area contributed by atoms with Gasteiger partial charge in [-0.15, -0.1) is 0 Å². The largest absolute Gasteiger partial charge is 0.459 e. The Balaban J connectivity index is 2.56. The molecule has 0 radical (unpaired) electrons. The van der Waals surface area contributed by atoms with Crippen molar-refractivity contribution in [2.45, 2.75) is 40.5 Å². The van der Waals surface area contributed by atoms with Crippen LogP contribution in [0.5, 0.6) is 0 Å². The molecule has 1 aromatic carbocycles. The third kappa shape index (κ3) is 2.39. The zero-order valence-corrected chi connectivity index (χ0v) is 12.7. The van der Waals surface area contributed by atoms with E-state index < -0.39 is 0 Å². The van der Waals surface area contributed by atoms with Gasteiger partial charge in [-0.05, 0) is 43.4 Å². The molecule has 0 aliphatic rings. The van der Waals surface area contributed by atoms with Crippen molar-refractivity contribution < 1.29 is 4.42 Å². The Labute approximate surface area is 118 Å². The maximum Gasteiger partial charge on any atom is 0.153 e. The fourth-order valence-electron chi connectivity index (χ4n) is 2.24. The van der Waals surface area contributed by atoms with Gasteiger partial charge < -0.3 is 4.42 Å². The molecule has 3 heteroatoms. The molecule has 1 nitrogen and oxygen atoms in total. The van der Waals surface area contributed by atoms with Crippen LogP contribution in [0.3, 0.4) is 0 Å². The fraction of sp³-hybridized carbons (Fsp3) is 0.467. The van der Waals surface area contributed by atoms with E-state index in [-0.39, 0.29) is 0 Å². The first kappa shape index (κ1) is 13.8. The number of hydrogen-bond acceptors (Lipinski definition) is 1. The summed E-state index contributed by atoms with van der Waals surface area (Å²) in [7, 11) is 0. The summed E-state index contributed by atoms with van der Waals surface area (Å²) in [5.74, 6) is 1.70. The van der Waals surface area contributed by atoms with Crippen molar-refractivity contribution in [1.82, 2.24) is 0 Å². The Morgan fingerprint density at radius 2 is 1.78 bits per heavy atom. The molecule has 1 aromatic heterocycles. The summed E-state index contributed by atoms with van der Waals surface area (Å²) in [6.07, 6.45) is 2.07. The lowest BCUT2D eigenvalue weighted by atomic mass is 10.0. The summed E-state index contributed by atoms with van der Waals surface area (Å²) in [4.78, 5) is 0.